The lowest BCUT2D eigenvalue weighted by molar-refractivity contribution is 0.0697. The van der Waals surface area contributed by atoms with Gasteiger partial charge in [-0.3, -0.25) is 0 Å². The van der Waals surface area contributed by atoms with Gasteiger partial charge in [0.05, 0.1) is 12.1 Å². The molecule has 3 aromatic rings. The van der Waals surface area contributed by atoms with Crippen molar-refractivity contribution in [1.29, 1.82) is 0 Å². The highest BCUT2D eigenvalue weighted by atomic mass is 35.5. The Bertz CT molecular complexity index is 861. The number of halogens is 1. The van der Waals surface area contributed by atoms with Crippen LogP contribution in [0.2, 0.25) is 0 Å². The number of furan rings is 1. The monoisotopic (exact) mass is 385 g/mol. The Kier molecular flexibility index (Phi) is 7.65. The van der Waals surface area contributed by atoms with Crippen molar-refractivity contribution in [2.45, 2.75) is 32.4 Å². The number of aryl methyl sites for hydroxylation is 1. The van der Waals surface area contributed by atoms with Gasteiger partial charge in [-0.2, -0.15) is 0 Å². The SMILES string of the molecule is CC(CCc1ccccc1)NCc1ccc(-c2cccc(C(=O)O)c2)o1.Cl. The zero-order valence-corrected chi connectivity index (χ0v) is 16.0. The van der Waals surface area contributed by atoms with Crippen molar-refractivity contribution in [3.63, 3.8) is 0 Å². The van der Waals surface area contributed by atoms with Crippen LogP contribution in [0.4, 0.5) is 0 Å². The molecule has 5 heteroatoms. The van der Waals surface area contributed by atoms with Gasteiger partial charge in [-0.05, 0) is 49.6 Å². The van der Waals surface area contributed by atoms with E-state index >= 15 is 0 Å². The van der Waals surface area contributed by atoms with E-state index in [2.05, 4.69) is 36.5 Å². The van der Waals surface area contributed by atoms with E-state index in [0.717, 1.165) is 24.2 Å². The lowest BCUT2D eigenvalue weighted by Crippen LogP contribution is -2.25. The summed E-state index contributed by atoms with van der Waals surface area (Å²) in [5.74, 6) is 0.585. The van der Waals surface area contributed by atoms with Gasteiger partial charge in [-0.1, -0.05) is 42.5 Å². The fourth-order valence-corrected chi connectivity index (χ4v) is 2.84. The second kappa shape index (κ2) is 9.95. The van der Waals surface area contributed by atoms with Gasteiger partial charge in [0.25, 0.3) is 0 Å². The van der Waals surface area contributed by atoms with Crippen LogP contribution in [-0.2, 0) is 13.0 Å². The largest absolute Gasteiger partial charge is 0.478 e. The Balaban J connectivity index is 0.00000261. The van der Waals surface area contributed by atoms with Gasteiger partial charge in [-0.15, -0.1) is 12.4 Å². The molecule has 0 aliphatic heterocycles. The Morgan fingerprint density at radius 2 is 1.85 bits per heavy atom. The van der Waals surface area contributed by atoms with Crippen molar-refractivity contribution in [3.05, 3.63) is 83.6 Å². The molecule has 0 amide bonds. The fourth-order valence-electron chi connectivity index (χ4n) is 2.84. The lowest BCUT2D eigenvalue weighted by atomic mass is 10.1. The first-order valence-electron chi connectivity index (χ1n) is 8.81. The average Bonchev–Trinajstić information content (AvgIpc) is 3.15. The molecule has 142 valence electrons. The number of hydrogen-bond donors (Lipinski definition) is 2. The summed E-state index contributed by atoms with van der Waals surface area (Å²) >= 11 is 0. The summed E-state index contributed by atoms with van der Waals surface area (Å²) in [5.41, 5.74) is 2.38. The molecule has 0 aliphatic rings. The highest BCUT2D eigenvalue weighted by molar-refractivity contribution is 5.89. The summed E-state index contributed by atoms with van der Waals surface area (Å²) in [6.07, 6.45) is 2.10. The summed E-state index contributed by atoms with van der Waals surface area (Å²) in [7, 11) is 0. The Hall–Kier alpha value is -2.56. The molecule has 0 saturated carbocycles. The normalized spacial score (nSPS) is 11.6. The molecular formula is C22H24ClNO3. The fraction of sp³-hybridized carbons (Fsp3) is 0.227. The number of carboxylic acids is 1. The first kappa shape index (κ1) is 20.7. The molecule has 2 aromatic carbocycles. The van der Waals surface area contributed by atoms with E-state index in [0.29, 0.717) is 18.3 Å². The van der Waals surface area contributed by atoms with E-state index in [1.807, 2.05) is 24.3 Å². The van der Waals surface area contributed by atoms with E-state index in [-0.39, 0.29) is 18.0 Å². The van der Waals surface area contributed by atoms with Crippen LogP contribution < -0.4 is 5.32 Å². The van der Waals surface area contributed by atoms with Crippen molar-refractivity contribution in [3.8, 4) is 11.3 Å². The van der Waals surface area contributed by atoms with Crippen molar-refractivity contribution < 1.29 is 14.3 Å². The third-order valence-electron chi connectivity index (χ3n) is 4.39. The molecule has 4 nitrogen and oxygen atoms in total. The zero-order valence-electron chi connectivity index (χ0n) is 15.2. The molecule has 0 saturated heterocycles. The minimum atomic E-state index is -0.937. The van der Waals surface area contributed by atoms with E-state index in [9.17, 15) is 4.79 Å². The standard InChI is InChI=1S/C22H23NO3.ClH/c1-16(10-11-17-6-3-2-4-7-17)23-15-20-12-13-21(26-20)18-8-5-9-19(14-18)22(24)25;/h2-9,12-14,16,23H,10-11,15H2,1H3,(H,24,25);1H. The van der Waals surface area contributed by atoms with Gasteiger partial charge in [-0.25, -0.2) is 4.79 Å². The first-order valence-corrected chi connectivity index (χ1v) is 8.81. The van der Waals surface area contributed by atoms with Crippen molar-refractivity contribution in [2.24, 2.45) is 0 Å². The number of carboxylic acid groups (broad SMARTS) is 1. The third kappa shape index (κ3) is 5.98. The van der Waals surface area contributed by atoms with Gasteiger partial charge < -0.3 is 14.8 Å². The minimum absolute atomic E-state index is 0. The van der Waals surface area contributed by atoms with Crippen LogP contribution in [0.3, 0.4) is 0 Å². The molecule has 27 heavy (non-hydrogen) atoms. The molecule has 2 N–H and O–H groups in total. The molecule has 0 radical (unpaired) electrons. The number of aromatic carboxylic acids is 1. The predicted molar refractivity (Wildman–Crippen MR) is 109 cm³/mol. The van der Waals surface area contributed by atoms with Crippen LogP contribution in [0.15, 0.2) is 71.1 Å². The zero-order chi connectivity index (χ0) is 18.4. The molecule has 0 fully saturated rings. The smallest absolute Gasteiger partial charge is 0.335 e. The van der Waals surface area contributed by atoms with Crippen LogP contribution >= 0.6 is 12.4 Å². The maximum absolute atomic E-state index is 11.1. The molecule has 0 aliphatic carbocycles. The van der Waals surface area contributed by atoms with Gasteiger partial charge in [0.15, 0.2) is 0 Å². The Labute approximate surface area is 165 Å². The van der Waals surface area contributed by atoms with Crippen LogP contribution in [0, 0.1) is 0 Å². The number of rotatable bonds is 8. The average molecular weight is 386 g/mol. The van der Waals surface area contributed by atoms with Crippen molar-refractivity contribution >= 4 is 18.4 Å². The summed E-state index contributed by atoms with van der Waals surface area (Å²) < 4.78 is 5.86. The molecule has 1 aromatic heterocycles. The molecule has 0 bridgehead atoms. The molecule has 1 heterocycles. The topological polar surface area (TPSA) is 62.5 Å². The van der Waals surface area contributed by atoms with Gasteiger partial charge in [0.1, 0.15) is 11.5 Å². The summed E-state index contributed by atoms with van der Waals surface area (Å²) in [4.78, 5) is 11.1. The molecule has 1 atom stereocenters. The van der Waals surface area contributed by atoms with Crippen molar-refractivity contribution in [1.82, 2.24) is 5.32 Å². The van der Waals surface area contributed by atoms with Crippen LogP contribution in [-0.4, -0.2) is 17.1 Å². The Morgan fingerprint density at radius 3 is 2.59 bits per heavy atom. The second-order valence-electron chi connectivity index (χ2n) is 6.46. The number of hydrogen-bond acceptors (Lipinski definition) is 3. The second-order valence-corrected chi connectivity index (χ2v) is 6.46. The van der Waals surface area contributed by atoms with Gasteiger partial charge in [0.2, 0.25) is 0 Å². The Morgan fingerprint density at radius 1 is 1.07 bits per heavy atom. The van der Waals surface area contributed by atoms with Crippen LogP contribution in [0.25, 0.3) is 11.3 Å². The molecule has 3 rings (SSSR count). The van der Waals surface area contributed by atoms with E-state index < -0.39 is 5.97 Å². The van der Waals surface area contributed by atoms with Crippen molar-refractivity contribution in [2.75, 3.05) is 0 Å². The highest BCUT2D eigenvalue weighted by Gasteiger charge is 2.09. The maximum atomic E-state index is 11.1. The van der Waals surface area contributed by atoms with E-state index in [4.69, 9.17) is 9.52 Å². The summed E-state index contributed by atoms with van der Waals surface area (Å²) in [6.45, 7) is 2.82. The van der Waals surface area contributed by atoms with Crippen LogP contribution in [0.1, 0.15) is 35.0 Å². The summed E-state index contributed by atoms with van der Waals surface area (Å²) in [5, 5.41) is 12.6. The third-order valence-corrected chi connectivity index (χ3v) is 4.39. The lowest BCUT2D eigenvalue weighted by Gasteiger charge is -2.12. The first-order chi connectivity index (χ1) is 12.6. The maximum Gasteiger partial charge on any atom is 0.335 e. The summed E-state index contributed by atoms with van der Waals surface area (Å²) in [6, 6.07) is 21.4. The minimum Gasteiger partial charge on any atom is -0.478 e. The number of carbonyl (C=O) groups is 1. The predicted octanol–water partition coefficient (Wildman–Crippen LogP) is 5.18. The highest BCUT2D eigenvalue weighted by Crippen LogP contribution is 2.23. The molecule has 1 unspecified atom stereocenters. The van der Waals surface area contributed by atoms with E-state index in [1.54, 1.807) is 18.2 Å². The molecule has 0 spiro atoms. The van der Waals surface area contributed by atoms with Gasteiger partial charge >= 0.3 is 5.97 Å². The molecular weight excluding hydrogens is 362 g/mol. The number of benzene rings is 2. The quantitative estimate of drug-likeness (QED) is 0.561. The van der Waals surface area contributed by atoms with Gasteiger partial charge in [0, 0.05) is 11.6 Å². The van der Waals surface area contributed by atoms with E-state index in [1.165, 1.54) is 5.56 Å². The number of nitrogens with one attached hydrogen (secondary N) is 1. The van der Waals surface area contributed by atoms with Crippen LogP contribution in [0.5, 0.6) is 0 Å².